The number of ether oxygens (including phenoxy) is 1. The van der Waals surface area contributed by atoms with Crippen LogP contribution in [0.25, 0.3) is 0 Å². The molecular formula is C15H26N4O2. The number of nitrogens with two attached hydrogens (primary N) is 1. The van der Waals surface area contributed by atoms with E-state index in [2.05, 4.69) is 16.3 Å². The van der Waals surface area contributed by atoms with Crippen molar-refractivity contribution in [3.8, 4) is 6.07 Å². The van der Waals surface area contributed by atoms with Crippen molar-refractivity contribution in [3.63, 3.8) is 0 Å². The van der Waals surface area contributed by atoms with Crippen LogP contribution in [0.2, 0.25) is 0 Å². The molecule has 1 heterocycles. The lowest BCUT2D eigenvalue weighted by Crippen LogP contribution is -2.47. The minimum atomic E-state index is -0.422. The standard InChI is InChI=1S/C15H26N4O2/c16-11-12(5-6-19-7-9-21-10-8-19)18-15(20)13-3-1-2-4-14(13)17/h12-14H,1-10,17H2,(H,18,20)/t12-,13+,14-/m0/s1. The molecule has 0 radical (unpaired) electrons. The lowest BCUT2D eigenvalue weighted by Gasteiger charge is -2.29. The molecular weight excluding hydrogens is 268 g/mol. The number of carbonyl (C=O) groups excluding carboxylic acids is 1. The molecule has 3 N–H and O–H groups in total. The maximum atomic E-state index is 12.3. The summed E-state index contributed by atoms with van der Waals surface area (Å²) in [6, 6.07) is 1.72. The van der Waals surface area contributed by atoms with Gasteiger partial charge < -0.3 is 15.8 Å². The van der Waals surface area contributed by atoms with Gasteiger partial charge in [-0.25, -0.2) is 0 Å². The van der Waals surface area contributed by atoms with E-state index in [-0.39, 0.29) is 17.9 Å². The maximum Gasteiger partial charge on any atom is 0.225 e. The smallest absolute Gasteiger partial charge is 0.225 e. The summed E-state index contributed by atoms with van der Waals surface area (Å²) in [5, 5.41) is 12.1. The molecule has 0 aromatic heterocycles. The van der Waals surface area contributed by atoms with Gasteiger partial charge in [0.2, 0.25) is 5.91 Å². The first-order chi connectivity index (χ1) is 10.2. The molecule has 0 aromatic rings. The quantitative estimate of drug-likeness (QED) is 0.757. The molecule has 2 rings (SSSR count). The molecule has 2 aliphatic rings. The van der Waals surface area contributed by atoms with Crippen LogP contribution in [0, 0.1) is 17.2 Å². The number of nitrogens with one attached hydrogen (secondary N) is 1. The van der Waals surface area contributed by atoms with Crippen molar-refractivity contribution in [1.82, 2.24) is 10.2 Å². The molecule has 21 heavy (non-hydrogen) atoms. The van der Waals surface area contributed by atoms with Gasteiger partial charge in [-0.3, -0.25) is 9.69 Å². The topological polar surface area (TPSA) is 91.4 Å². The fourth-order valence-corrected chi connectivity index (χ4v) is 3.07. The third-order valence-corrected chi connectivity index (χ3v) is 4.47. The van der Waals surface area contributed by atoms with Crippen molar-refractivity contribution < 1.29 is 9.53 Å². The van der Waals surface area contributed by atoms with E-state index in [0.29, 0.717) is 6.42 Å². The zero-order valence-corrected chi connectivity index (χ0v) is 12.6. The average molecular weight is 294 g/mol. The van der Waals surface area contributed by atoms with Gasteiger partial charge in [-0.2, -0.15) is 5.26 Å². The van der Waals surface area contributed by atoms with E-state index >= 15 is 0 Å². The Kier molecular flexibility index (Phi) is 6.43. The predicted molar refractivity (Wildman–Crippen MR) is 79.4 cm³/mol. The second-order valence-electron chi connectivity index (χ2n) is 5.99. The molecule has 1 saturated heterocycles. The van der Waals surface area contributed by atoms with Crippen LogP contribution in [0.1, 0.15) is 32.1 Å². The van der Waals surface area contributed by atoms with Gasteiger partial charge in [0.15, 0.2) is 0 Å². The summed E-state index contributed by atoms with van der Waals surface area (Å²) >= 11 is 0. The van der Waals surface area contributed by atoms with Gasteiger partial charge >= 0.3 is 0 Å². The molecule has 0 unspecified atom stereocenters. The van der Waals surface area contributed by atoms with E-state index in [9.17, 15) is 10.1 Å². The molecule has 2 fully saturated rings. The van der Waals surface area contributed by atoms with Crippen LogP contribution in [0.3, 0.4) is 0 Å². The second-order valence-corrected chi connectivity index (χ2v) is 5.99. The summed E-state index contributed by atoms with van der Waals surface area (Å²) in [5.41, 5.74) is 6.02. The zero-order valence-electron chi connectivity index (χ0n) is 12.6. The van der Waals surface area contributed by atoms with Crippen LogP contribution in [-0.2, 0) is 9.53 Å². The molecule has 118 valence electrons. The zero-order chi connectivity index (χ0) is 15.1. The largest absolute Gasteiger partial charge is 0.379 e. The lowest BCUT2D eigenvalue weighted by molar-refractivity contribution is -0.126. The van der Waals surface area contributed by atoms with E-state index < -0.39 is 6.04 Å². The number of morpholine rings is 1. The summed E-state index contributed by atoms with van der Waals surface area (Å²) in [4.78, 5) is 14.5. The van der Waals surface area contributed by atoms with Gasteiger partial charge in [0, 0.05) is 25.7 Å². The van der Waals surface area contributed by atoms with Crippen LogP contribution in [-0.4, -0.2) is 55.7 Å². The number of hydrogen-bond donors (Lipinski definition) is 2. The molecule has 6 nitrogen and oxygen atoms in total. The van der Waals surface area contributed by atoms with Crippen LogP contribution in [0.5, 0.6) is 0 Å². The summed E-state index contributed by atoms with van der Waals surface area (Å²) in [6.45, 7) is 4.12. The highest BCUT2D eigenvalue weighted by Gasteiger charge is 2.29. The number of rotatable bonds is 5. The third kappa shape index (κ3) is 4.95. The minimum absolute atomic E-state index is 0.0456. The predicted octanol–water partition coefficient (Wildman–Crippen LogP) is 0.235. The van der Waals surface area contributed by atoms with Crippen molar-refractivity contribution in [1.29, 1.82) is 5.26 Å². The number of nitrogens with zero attached hydrogens (tertiary/aromatic N) is 2. The van der Waals surface area contributed by atoms with E-state index in [1.54, 1.807) is 0 Å². The number of hydrogen-bond acceptors (Lipinski definition) is 5. The second kappa shape index (κ2) is 8.32. The van der Waals surface area contributed by atoms with Crippen LogP contribution >= 0.6 is 0 Å². The highest BCUT2D eigenvalue weighted by atomic mass is 16.5. The first kappa shape index (κ1) is 16.2. The lowest BCUT2D eigenvalue weighted by atomic mass is 9.84. The Morgan fingerprint density at radius 3 is 2.76 bits per heavy atom. The molecule has 0 spiro atoms. The normalized spacial score (nSPS) is 28.6. The Morgan fingerprint density at radius 2 is 2.10 bits per heavy atom. The molecule has 3 atom stereocenters. The maximum absolute atomic E-state index is 12.3. The monoisotopic (exact) mass is 294 g/mol. The molecule has 1 aliphatic carbocycles. The van der Waals surface area contributed by atoms with E-state index in [1.165, 1.54) is 0 Å². The van der Waals surface area contributed by atoms with Gasteiger partial charge in [-0.05, 0) is 19.3 Å². The number of carbonyl (C=O) groups is 1. The molecule has 1 amide bonds. The third-order valence-electron chi connectivity index (χ3n) is 4.47. The van der Waals surface area contributed by atoms with Gasteiger partial charge in [0.1, 0.15) is 6.04 Å². The highest BCUT2D eigenvalue weighted by molar-refractivity contribution is 5.80. The van der Waals surface area contributed by atoms with Crippen molar-refractivity contribution in [3.05, 3.63) is 0 Å². The van der Waals surface area contributed by atoms with Gasteiger partial charge in [0.05, 0.1) is 25.2 Å². The van der Waals surface area contributed by atoms with Gasteiger partial charge in [-0.1, -0.05) is 12.8 Å². The SMILES string of the molecule is N#C[C@H](CCN1CCOCC1)NC(=O)[C@@H]1CCCC[C@@H]1N. The van der Waals surface area contributed by atoms with Crippen LogP contribution in [0.4, 0.5) is 0 Å². The van der Waals surface area contributed by atoms with Crippen molar-refractivity contribution in [2.45, 2.75) is 44.2 Å². The van der Waals surface area contributed by atoms with Gasteiger partial charge in [0.25, 0.3) is 0 Å². The van der Waals surface area contributed by atoms with Crippen molar-refractivity contribution in [2.24, 2.45) is 11.7 Å². The average Bonchev–Trinajstić information content (AvgIpc) is 2.52. The summed E-state index contributed by atoms with van der Waals surface area (Å²) < 4.78 is 5.30. The first-order valence-electron chi connectivity index (χ1n) is 7.96. The summed E-state index contributed by atoms with van der Waals surface area (Å²) in [5.74, 6) is -0.172. The van der Waals surface area contributed by atoms with E-state index in [4.69, 9.17) is 10.5 Å². The first-order valence-corrected chi connectivity index (χ1v) is 7.96. The number of nitriles is 1. The summed E-state index contributed by atoms with van der Waals surface area (Å²) in [6.07, 6.45) is 4.56. The molecule has 0 aromatic carbocycles. The fraction of sp³-hybridized carbons (Fsp3) is 0.867. The summed E-state index contributed by atoms with van der Waals surface area (Å²) in [7, 11) is 0. The molecule has 6 heteroatoms. The Hall–Kier alpha value is -1.16. The Bertz CT molecular complexity index is 376. The van der Waals surface area contributed by atoms with E-state index in [0.717, 1.165) is 58.5 Å². The Balaban J connectivity index is 1.75. The molecule has 1 aliphatic heterocycles. The Labute approximate surface area is 126 Å². The van der Waals surface area contributed by atoms with Crippen molar-refractivity contribution >= 4 is 5.91 Å². The van der Waals surface area contributed by atoms with E-state index in [1.807, 2.05) is 0 Å². The van der Waals surface area contributed by atoms with Gasteiger partial charge in [-0.15, -0.1) is 0 Å². The number of amides is 1. The minimum Gasteiger partial charge on any atom is -0.379 e. The van der Waals surface area contributed by atoms with Crippen LogP contribution < -0.4 is 11.1 Å². The van der Waals surface area contributed by atoms with Crippen LogP contribution in [0.15, 0.2) is 0 Å². The van der Waals surface area contributed by atoms with Crippen molar-refractivity contribution in [2.75, 3.05) is 32.8 Å². The molecule has 1 saturated carbocycles. The Morgan fingerprint density at radius 1 is 1.38 bits per heavy atom. The fourth-order valence-electron chi connectivity index (χ4n) is 3.07. The highest BCUT2D eigenvalue weighted by Crippen LogP contribution is 2.23. The molecule has 0 bridgehead atoms.